The van der Waals surface area contributed by atoms with Crippen LogP contribution >= 0.6 is 0 Å². The monoisotopic (exact) mass is 310 g/mol. The van der Waals surface area contributed by atoms with Gasteiger partial charge in [-0.15, -0.1) is 0 Å². The molecule has 2 aromatic carbocycles. The average molecular weight is 310 g/mol. The first kappa shape index (κ1) is 15.7. The van der Waals surface area contributed by atoms with E-state index in [1.165, 1.54) is 5.56 Å². The van der Waals surface area contributed by atoms with Crippen LogP contribution in [0.4, 0.5) is 5.69 Å². The van der Waals surface area contributed by atoms with Gasteiger partial charge in [-0.1, -0.05) is 30.3 Å². The second kappa shape index (κ2) is 7.40. The number of morpholine rings is 1. The summed E-state index contributed by atoms with van der Waals surface area (Å²) in [5, 5.41) is 2.90. The number of rotatable bonds is 4. The van der Waals surface area contributed by atoms with Crippen molar-refractivity contribution in [3.63, 3.8) is 0 Å². The van der Waals surface area contributed by atoms with Crippen molar-refractivity contribution in [2.75, 3.05) is 25.0 Å². The van der Waals surface area contributed by atoms with Gasteiger partial charge in [0.25, 0.3) is 5.91 Å². The molecule has 1 fully saturated rings. The molecule has 0 bridgehead atoms. The molecule has 1 aliphatic heterocycles. The van der Waals surface area contributed by atoms with Gasteiger partial charge in [0.1, 0.15) is 0 Å². The number of carbonyl (C=O) groups is 1. The van der Waals surface area contributed by atoms with E-state index < -0.39 is 0 Å². The van der Waals surface area contributed by atoms with Gasteiger partial charge in [-0.05, 0) is 36.8 Å². The van der Waals surface area contributed by atoms with Crippen LogP contribution in [-0.2, 0) is 11.3 Å². The first-order chi connectivity index (χ1) is 11.2. The van der Waals surface area contributed by atoms with Crippen LogP contribution in [0, 0.1) is 0 Å². The Kier molecular flexibility index (Phi) is 5.05. The highest BCUT2D eigenvalue weighted by molar-refractivity contribution is 6.04. The molecule has 1 N–H and O–H groups in total. The summed E-state index contributed by atoms with van der Waals surface area (Å²) in [7, 11) is 0. The maximum absolute atomic E-state index is 12.2. The van der Waals surface area contributed by atoms with Gasteiger partial charge in [0.2, 0.25) is 0 Å². The fraction of sp³-hybridized carbons (Fsp3) is 0.316. The van der Waals surface area contributed by atoms with Crippen molar-refractivity contribution >= 4 is 11.6 Å². The molecule has 2 aromatic rings. The first-order valence-corrected chi connectivity index (χ1v) is 8.00. The number of nitrogens with one attached hydrogen (secondary N) is 1. The van der Waals surface area contributed by atoms with Crippen molar-refractivity contribution in [2.24, 2.45) is 0 Å². The highest BCUT2D eigenvalue weighted by Crippen LogP contribution is 2.13. The highest BCUT2D eigenvalue weighted by Gasteiger charge is 2.16. The van der Waals surface area contributed by atoms with Crippen molar-refractivity contribution < 1.29 is 9.53 Å². The number of para-hydroxylation sites is 1. The van der Waals surface area contributed by atoms with Crippen molar-refractivity contribution in [3.8, 4) is 0 Å². The maximum atomic E-state index is 12.2. The second-order valence-corrected chi connectivity index (χ2v) is 5.93. The molecule has 3 rings (SSSR count). The number of hydrogen-bond acceptors (Lipinski definition) is 3. The highest BCUT2D eigenvalue weighted by atomic mass is 16.5. The van der Waals surface area contributed by atoms with Gasteiger partial charge in [0.15, 0.2) is 0 Å². The molecule has 1 unspecified atom stereocenters. The van der Waals surface area contributed by atoms with Gasteiger partial charge in [0, 0.05) is 30.9 Å². The molecule has 0 aliphatic carbocycles. The molecule has 1 aliphatic rings. The summed E-state index contributed by atoms with van der Waals surface area (Å²) in [6.07, 6.45) is 0.291. The lowest BCUT2D eigenvalue weighted by Crippen LogP contribution is -2.40. The van der Waals surface area contributed by atoms with Crippen molar-refractivity contribution in [1.29, 1.82) is 0 Å². The normalized spacial score (nSPS) is 18.6. The Morgan fingerprint density at radius 1 is 1.17 bits per heavy atom. The van der Waals surface area contributed by atoms with Gasteiger partial charge >= 0.3 is 0 Å². The second-order valence-electron chi connectivity index (χ2n) is 5.93. The molecule has 23 heavy (non-hydrogen) atoms. The van der Waals surface area contributed by atoms with Crippen LogP contribution in [-0.4, -0.2) is 36.6 Å². The van der Waals surface area contributed by atoms with E-state index in [4.69, 9.17) is 4.74 Å². The van der Waals surface area contributed by atoms with Crippen LogP contribution < -0.4 is 5.32 Å². The summed E-state index contributed by atoms with van der Waals surface area (Å²) in [6.45, 7) is 5.70. The topological polar surface area (TPSA) is 41.6 Å². The standard InChI is InChI=1S/C19H22N2O2/c1-15-13-21(11-12-23-15)14-16-7-9-17(10-8-16)19(22)20-18-5-3-2-4-6-18/h2-10,15H,11-14H2,1H3,(H,20,22). The zero-order valence-corrected chi connectivity index (χ0v) is 13.4. The van der Waals surface area contributed by atoms with Crippen LogP contribution in [0.2, 0.25) is 0 Å². The molecular formula is C19H22N2O2. The number of carbonyl (C=O) groups excluding carboxylic acids is 1. The zero-order chi connectivity index (χ0) is 16.1. The molecule has 1 amide bonds. The number of ether oxygens (including phenoxy) is 1. The number of benzene rings is 2. The largest absolute Gasteiger partial charge is 0.376 e. The van der Waals surface area contributed by atoms with Crippen LogP contribution in [0.3, 0.4) is 0 Å². The van der Waals surface area contributed by atoms with Gasteiger partial charge in [-0.25, -0.2) is 0 Å². The van der Waals surface area contributed by atoms with Crippen LogP contribution in [0.25, 0.3) is 0 Å². The molecule has 1 atom stereocenters. The molecular weight excluding hydrogens is 288 g/mol. The Labute approximate surface area is 137 Å². The van der Waals surface area contributed by atoms with Crippen molar-refractivity contribution in [3.05, 3.63) is 65.7 Å². The van der Waals surface area contributed by atoms with E-state index in [0.717, 1.165) is 31.9 Å². The summed E-state index contributed by atoms with van der Waals surface area (Å²) < 4.78 is 5.56. The van der Waals surface area contributed by atoms with Gasteiger partial charge in [0.05, 0.1) is 12.7 Å². The minimum absolute atomic E-state index is 0.0808. The Bertz CT molecular complexity index is 640. The van der Waals surface area contributed by atoms with E-state index in [9.17, 15) is 4.79 Å². The Balaban J connectivity index is 1.59. The quantitative estimate of drug-likeness (QED) is 0.943. The first-order valence-electron chi connectivity index (χ1n) is 8.00. The zero-order valence-electron chi connectivity index (χ0n) is 13.4. The van der Waals surface area contributed by atoms with Crippen LogP contribution in [0.5, 0.6) is 0 Å². The number of anilines is 1. The molecule has 0 saturated carbocycles. The molecule has 0 radical (unpaired) electrons. The summed E-state index contributed by atoms with van der Waals surface area (Å²) in [4.78, 5) is 14.6. The van der Waals surface area contributed by atoms with Crippen molar-refractivity contribution in [2.45, 2.75) is 19.6 Å². The van der Waals surface area contributed by atoms with E-state index >= 15 is 0 Å². The summed E-state index contributed by atoms with van der Waals surface area (Å²) in [5.41, 5.74) is 2.70. The predicted octanol–water partition coefficient (Wildman–Crippen LogP) is 3.16. The summed E-state index contributed by atoms with van der Waals surface area (Å²) in [5.74, 6) is -0.0808. The van der Waals surface area contributed by atoms with E-state index in [1.54, 1.807) is 0 Å². The molecule has 1 heterocycles. The third kappa shape index (κ3) is 4.41. The Morgan fingerprint density at radius 2 is 1.91 bits per heavy atom. The van der Waals surface area contributed by atoms with Crippen molar-refractivity contribution in [1.82, 2.24) is 4.90 Å². The molecule has 1 saturated heterocycles. The molecule has 120 valence electrons. The lowest BCUT2D eigenvalue weighted by atomic mass is 10.1. The van der Waals surface area contributed by atoms with Gasteiger partial charge in [-0.2, -0.15) is 0 Å². The molecule has 0 spiro atoms. The molecule has 0 aromatic heterocycles. The van der Waals surface area contributed by atoms with Crippen LogP contribution in [0.15, 0.2) is 54.6 Å². The summed E-state index contributed by atoms with van der Waals surface area (Å²) in [6, 6.07) is 17.3. The molecule has 4 heteroatoms. The average Bonchev–Trinajstić information content (AvgIpc) is 2.56. The van der Waals surface area contributed by atoms with E-state index in [-0.39, 0.29) is 5.91 Å². The Morgan fingerprint density at radius 3 is 2.61 bits per heavy atom. The lowest BCUT2D eigenvalue weighted by Gasteiger charge is -2.31. The predicted molar refractivity (Wildman–Crippen MR) is 91.5 cm³/mol. The van der Waals surface area contributed by atoms with Gasteiger partial charge < -0.3 is 10.1 Å². The van der Waals surface area contributed by atoms with E-state index in [2.05, 4.69) is 17.1 Å². The summed E-state index contributed by atoms with van der Waals surface area (Å²) >= 11 is 0. The third-order valence-electron chi connectivity index (χ3n) is 3.98. The van der Waals surface area contributed by atoms with E-state index in [0.29, 0.717) is 11.7 Å². The number of hydrogen-bond donors (Lipinski definition) is 1. The minimum Gasteiger partial charge on any atom is -0.376 e. The SMILES string of the molecule is CC1CN(Cc2ccc(C(=O)Nc3ccccc3)cc2)CCO1. The number of amides is 1. The maximum Gasteiger partial charge on any atom is 0.255 e. The molecule has 4 nitrogen and oxygen atoms in total. The Hall–Kier alpha value is -2.17. The minimum atomic E-state index is -0.0808. The van der Waals surface area contributed by atoms with E-state index in [1.807, 2.05) is 54.6 Å². The lowest BCUT2D eigenvalue weighted by molar-refractivity contribution is -0.0212. The van der Waals surface area contributed by atoms with Gasteiger partial charge in [-0.3, -0.25) is 9.69 Å². The smallest absolute Gasteiger partial charge is 0.255 e. The number of nitrogens with zero attached hydrogens (tertiary/aromatic N) is 1. The third-order valence-corrected chi connectivity index (χ3v) is 3.98. The fourth-order valence-electron chi connectivity index (χ4n) is 2.78. The van der Waals surface area contributed by atoms with Crippen LogP contribution in [0.1, 0.15) is 22.8 Å². The fourth-order valence-corrected chi connectivity index (χ4v) is 2.78.